The molecule has 0 aliphatic heterocycles. The fourth-order valence-corrected chi connectivity index (χ4v) is 3.04. The number of carbonyl (C=O) groups excluding carboxylic acids is 1. The molecule has 0 atom stereocenters. The van der Waals surface area contributed by atoms with Crippen molar-refractivity contribution in [2.75, 3.05) is 13.7 Å². The lowest BCUT2D eigenvalue weighted by molar-refractivity contribution is 0.0942. The number of para-hydroxylation sites is 1. The summed E-state index contributed by atoms with van der Waals surface area (Å²) in [5.74, 6) is 0.354. The van der Waals surface area contributed by atoms with Gasteiger partial charge in [0.05, 0.1) is 6.61 Å². The number of nitrogens with zero attached hydrogens (tertiary/aromatic N) is 1. The third-order valence-electron chi connectivity index (χ3n) is 3.50. The highest BCUT2D eigenvalue weighted by atomic mass is 32.2. The van der Waals surface area contributed by atoms with Gasteiger partial charge in [-0.1, -0.05) is 18.2 Å². The van der Waals surface area contributed by atoms with Crippen molar-refractivity contribution in [2.45, 2.75) is 18.4 Å². The maximum Gasteiger partial charge on any atom is 0.268 e. The number of benzene rings is 1. The molecule has 24 heavy (non-hydrogen) atoms. The third kappa shape index (κ3) is 3.95. The average Bonchev–Trinajstić information content (AvgIpc) is 2.97. The van der Waals surface area contributed by atoms with Crippen LogP contribution in [-0.2, 0) is 23.6 Å². The fourth-order valence-electron chi connectivity index (χ4n) is 2.24. The highest BCUT2D eigenvalue weighted by molar-refractivity contribution is 7.89. The van der Waals surface area contributed by atoms with Crippen LogP contribution in [0.15, 0.2) is 41.4 Å². The molecule has 0 spiro atoms. The fraction of sp³-hybridized carbons (Fsp3) is 0.312. The summed E-state index contributed by atoms with van der Waals surface area (Å²) < 4.78 is 32.8. The Morgan fingerprint density at radius 2 is 2.00 bits per heavy atom. The van der Waals surface area contributed by atoms with Crippen LogP contribution in [0.1, 0.15) is 23.0 Å². The predicted molar refractivity (Wildman–Crippen MR) is 90.4 cm³/mol. The van der Waals surface area contributed by atoms with Crippen LogP contribution >= 0.6 is 0 Å². The van der Waals surface area contributed by atoms with Crippen molar-refractivity contribution in [1.82, 2.24) is 14.6 Å². The number of carbonyl (C=O) groups is 1. The van der Waals surface area contributed by atoms with E-state index in [4.69, 9.17) is 4.74 Å². The summed E-state index contributed by atoms with van der Waals surface area (Å²) in [5, 5.41) is 2.78. The molecule has 0 saturated carbocycles. The lowest BCUT2D eigenvalue weighted by atomic mass is 10.2. The van der Waals surface area contributed by atoms with E-state index in [2.05, 4.69) is 10.0 Å². The Morgan fingerprint density at radius 3 is 2.67 bits per heavy atom. The molecule has 1 heterocycles. The molecular formula is C16H21N3O4S. The van der Waals surface area contributed by atoms with Gasteiger partial charge in [-0.2, -0.15) is 0 Å². The smallest absolute Gasteiger partial charge is 0.268 e. The van der Waals surface area contributed by atoms with Gasteiger partial charge in [0, 0.05) is 25.4 Å². The van der Waals surface area contributed by atoms with E-state index in [0.717, 1.165) is 5.56 Å². The lowest BCUT2D eigenvalue weighted by Gasteiger charge is -2.11. The Bertz CT molecular complexity index is 828. The topological polar surface area (TPSA) is 89.4 Å². The third-order valence-corrected chi connectivity index (χ3v) is 4.88. The first kappa shape index (κ1) is 18.0. The minimum absolute atomic E-state index is 0.0485. The Hall–Kier alpha value is -2.32. The summed E-state index contributed by atoms with van der Waals surface area (Å²) in [5.41, 5.74) is 1.11. The number of hydrogen-bond acceptors (Lipinski definition) is 4. The molecular weight excluding hydrogens is 330 g/mol. The number of sulfonamides is 1. The van der Waals surface area contributed by atoms with Crippen LogP contribution < -0.4 is 14.8 Å². The molecule has 1 aromatic carbocycles. The van der Waals surface area contributed by atoms with Gasteiger partial charge >= 0.3 is 0 Å². The average molecular weight is 351 g/mol. The van der Waals surface area contributed by atoms with Crippen LogP contribution in [-0.4, -0.2) is 32.5 Å². The first-order chi connectivity index (χ1) is 11.4. The maximum atomic E-state index is 12.3. The molecule has 1 aromatic heterocycles. The normalized spacial score (nSPS) is 11.3. The Labute approximate surface area is 141 Å². The summed E-state index contributed by atoms with van der Waals surface area (Å²) in [6.45, 7) is 2.71. The standard InChI is InChI=1S/C16H21N3O4S/c1-4-23-15-8-6-5-7-12(15)10-18-16(20)14-9-13(11-19(14)3)24(21,22)17-2/h5-9,11,17H,4,10H2,1-3H3,(H,18,20). The van der Waals surface area contributed by atoms with E-state index in [-0.39, 0.29) is 23.0 Å². The van der Waals surface area contributed by atoms with Gasteiger partial charge in [0.1, 0.15) is 16.3 Å². The van der Waals surface area contributed by atoms with E-state index in [1.807, 2.05) is 31.2 Å². The number of aromatic nitrogens is 1. The SMILES string of the molecule is CCOc1ccccc1CNC(=O)c1cc(S(=O)(=O)NC)cn1C. The Kier molecular flexibility index (Phi) is 5.63. The van der Waals surface area contributed by atoms with E-state index in [0.29, 0.717) is 12.4 Å². The molecule has 8 heteroatoms. The predicted octanol–water partition coefficient (Wildman–Crippen LogP) is 1.26. The first-order valence-corrected chi connectivity index (χ1v) is 8.96. The van der Waals surface area contributed by atoms with Gasteiger partial charge < -0.3 is 14.6 Å². The van der Waals surface area contributed by atoms with Crippen LogP contribution in [0, 0.1) is 0 Å². The van der Waals surface area contributed by atoms with Gasteiger partial charge in [-0.15, -0.1) is 0 Å². The van der Waals surface area contributed by atoms with Crippen molar-refractivity contribution in [2.24, 2.45) is 7.05 Å². The molecule has 0 fully saturated rings. The zero-order valence-corrected chi connectivity index (χ0v) is 14.7. The molecule has 2 aromatic rings. The molecule has 130 valence electrons. The van der Waals surface area contributed by atoms with Crippen LogP contribution in [0.3, 0.4) is 0 Å². The summed E-state index contributed by atoms with van der Waals surface area (Å²) >= 11 is 0. The first-order valence-electron chi connectivity index (χ1n) is 7.48. The molecule has 0 aliphatic carbocycles. The molecule has 2 rings (SSSR count). The summed E-state index contributed by atoms with van der Waals surface area (Å²) in [7, 11) is -0.636. The van der Waals surface area contributed by atoms with Gasteiger partial charge in [-0.25, -0.2) is 13.1 Å². The van der Waals surface area contributed by atoms with E-state index in [9.17, 15) is 13.2 Å². The number of aryl methyl sites for hydroxylation is 1. The van der Waals surface area contributed by atoms with Gasteiger partial charge in [-0.3, -0.25) is 4.79 Å². The van der Waals surface area contributed by atoms with Crippen LogP contribution in [0.2, 0.25) is 0 Å². The number of hydrogen-bond donors (Lipinski definition) is 2. The van der Waals surface area contributed by atoms with Crippen molar-refractivity contribution < 1.29 is 17.9 Å². The van der Waals surface area contributed by atoms with Crippen LogP contribution in [0.25, 0.3) is 0 Å². The van der Waals surface area contributed by atoms with Gasteiger partial charge in [0.25, 0.3) is 5.91 Å². The van der Waals surface area contributed by atoms with Gasteiger partial charge in [-0.05, 0) is 26.1 Å². The van der Waals surface area contributed by atoms with Crippen molar-refractivity contribution in [1.29, 1.82) is 0 Å². The van der Waals surface area contributed by atoms with Crippen molar-refractivity contribution >= 4 is 15.9 Å². The molecule has 0 unspecified atom stereocenters. The monoisotopic (exact) mass is 351 g/mol. The second kappa shape index (κ2) is 7.50. The largest absolute Gasteiger partial charge is 0.494 e. The molecule has 1 amide bonds. The van der Waals surface area contributed by atoms with E-state index in [1.165, 1.54) is 23.9 Å². The van der Waals surface area contributed by atoms with E-state index < -0.39 is 10.0 Å². The van der Waals surface area contributed by atoms with Crippen molar-refractivity contribution in [3.8, 4) is 5.75 Å². The zero-order valence-electron chi connectivity index (χ0n) is 13.9. The van der Waals surface area contributed by atoms with Crippen LogP contribution in [0.5, 0.6) is 5.75 Å². The minimum atomic E-state index is -3.59. The number of nitrogens with one attached hydrogen (secondary N) is 2. The van der Waals surface area contributed by atoms with Crippen molar-refractivity contribution in [3.63, 3.8) is 0 Å². The summed E-state index contributed by atoms with van der Waals surface area (Å²) in [6, 6.07) is 8.78. The highest BCUT2D eigenvalue weighted by Gasteiger charge is 2.19. The molecule has 0 aliphatic rings. The number of ether oxygens (including phenoxy) is 1. The number of amides is 1. The summed E-state index contributed by atoms with van der Waals surface area (Å²) in [4.78, 5) is 12.4. The molecule has 0 radical (unpaired) electrons. The second-order valence-electron chi connectivity index (χ2n) is 5.10. The quantitative estimate of drug-likeness (QED) is 0.786. The molecule has 0 saturated heterocycles. The summed E-state index contributed by atoms with van der Waals surface area (Å²) in [6.07, 6.45) is 1.40. The van der Waals surface area contributed by atoms with E-state index >= 15 is 0 Å². The van der Waals surface area contributed by atoms with Crippen LogP contribution in [0.4, 0.5) is 0 Å². The van der Waals surface area contributed by atoms with Gasteiger partial charge in [0.2, 0.25) is 10.0 Å². The van der Waals surface area contributed by atoms with E-state index in [1.54, 1.807) is 7.05 Å². The van der Waals surface area contributed by atoms with Crippen molar-refractivity contribution in [3.05, 3.63) is 47.8 Å². The molecule has 0 bridgehead atoms. The zero-order chi connectivity index (χ0) is 17.7. The minimum Gasteiger partial charge on any atom is -0.494 e. The highest BCUT2D eigenvalue weighted by Crippen LogP contribution is 2.18. The Morgan fingerprint density at radius 1 is 1.29 bits per heavy atom. The molecule has 2 N–H and O–H groups in total. The molecule has 7 nitrogen and oxygen atoms in total. The van der Waals surface area contributed by atoms with Gasteiger partial charge in [0.15, 0.2) is 0 Å². The number of rotatable bonds is 7. The lowest BCUT2D eigenvalue weighted by Crippen LogP contribution is -2.25. The second-order valence-corrected chi connectivity index (χ2v) is 6.99. The maximum absolute atomic E-state index is 12.3. The Balaban J connectivity index is 2.14.